The van der Waals surface area contributed by atoms with Gasteiger partial charge in [0, 0.05) is 6.54 Å². The van der Waals surface area contributed by atoms with Crippen LogP contribution in [-0.2, 0) is 19.5 Å². The highest BCUT2D eigenvalue weighted by Crippen LogP contribution is 2.24. The zero-order valence-electron chi connectivity index (χ0n) is 18.0. The van der Waals surface area contributed by atoms with Gasteiger partial charge in [0.25, 0.3) is 0 Å². The predicted molar refractivity (Wildman–Crippen MR) is 121 cm³/mol. The molecule has 0 amide bonds. The van der Waals surface area contributed by atoms with Crippen LogP contribution >= 0.6 is 0 Å². The molecule has 1 heterocycles. The first-order valence-corrected chi connectivity index (χ1v) is 10.7. The maximum atomic E-state index is 13.1. The Labute approximate surface area is 181 Å². The summed E-state index contributed by atoms with van der Waals surface area (Å²) in [6.07, 6.45) is 4.08. The number of unbranched alkanes of at least 4 members (excludes halogenated alkanes) is 1. The van der Waals surface area contributed by atoms with Gasteiger partial charge >= 0.3 is 11.7 Å². The van der Waals surface area contributed by atoms with Crippen LogP contribution in [0.2, 0.25) is 0 Å². The summed E-state index contributed by atoms with van der Waals surface area (Å²) in [6.45, 7) is 4.99. The van der Waals surface area contributed by atoms with E-state index in [-0.39, 0.29) is 11.3 Å². The van der Waals surface area contributed by atoms with Crippen molar-refractivity contribution in [2.45, 2.75) is 52.6 Å². The molecule has 6 heteroatoms. The zero-order chi connectivity index (χ0) is 22.4. The second kappa shape index (κ2) is 10.1. The first-order valence-electron chi connectivity index (χ1n) is 10.7. The fraction of sp³-hybridized carbons (Fsp3) is 0.320. The molecule has 3 rings (SSSR count). The molecule has 0 fully saturated rings. The topological polar surface area (TPSA) is 81.3 Å². The van der Waals surface area contributed by atoms with E-state index in [2.05, 4.69) is 6.92 Å². The number of carboxylic acids is 1. The van der Waals surface area contributed by atoms with Crippen molar-refractivity contribution < 1.29 is 14.7 Å². The number of carbonyl (C=O) groups is 2. The van der Waals surface area contributed by atoms with Crippen LogP contribution in [-0.4, -0.2) is 26.5 Å². The molecule has 6 nitrogen and oxygen atoms in total. The molecule has 1 aromatic heterocycles. The smallest absolute Gasteiger partial charge is 0.336 e. The number of hydrogen-bond acceptors (Lipinski definition) is 3. The maximum absolute atomic E-state index is 13.1. The first kappa shape index (κ1) is 22.3. The van der Waals surface area contributed by atoms with Crippen molar-refractivity contribution in [3.05, 3.63) is 81.5 Å². The van der Waals surface area contributed by atoms with Crippen LogP contribution in [0.4, 0.5) is 0 Å². The van der Waals surface area contributed by atoms with Gasteiger partial charge in [-0.2, -0.15) is 0 Å². The summed E-state index contributed by atoms with van der Waals surface area (Å²) in [7, 11) is 0. The Morgan fingerprint density at radius 1 is 1.00 bits per heavy atom. The van der Waals surface area contributed by atoms with Gasteiger partial charge in [0.2, 0.25) is 0 Å². The van der Waals surface area contributed by atoms with Gasteiger partial charge in [-0.3, -0.25) is 13.9 Å². The van der Waals surface area contributed by atoms with Gasteiger partial charge in [-0.05, 0) is 35.6 Å². The summed E-state index contributed by atoms with van der Waals surface area (Å²) in [4.78, 5) is 36.3. The Hall–Kier alpha value is -3.41. The number of nitrogens with zero attached hydrogens (tertiary/aromatic N) is 2. The summed E-state index contributed by atoms with van der Waals surface area (Å²) < 4.78 is 3.29. The molecule has 0 saturated carbocycles. The van der Waals surface area contributed by atoms with Crippen molar-refractivity contribution in [1.82, 2.24) is 9.13 Å². The highest BCUT2D eigenvalue weighted by atomic mass is 16.4. The molecule has 3 aromatic rings. The van der Waals surface area contributed by atoms with Crippen LogP contribution in [0, 0.1) is 0 Å². The number of hydrogen-bond donors (Lipinski definition) is 1. The SMILES string of the molecule is CCCCn1c(C=O)c(CCC)n(Cc2ccc(-c3ccccc3C(=O)O)cc2)c1=O. The van der Waals surface area contributed by atoms with Crippen molar-refractivity contribution >= 4 is 12.3 Å². The normalized spacial score (nSPS) is 10.9. The van der Waals surface area contributed by atoms with Gasteiger partial charge in [-0.1, -0.05) is 69.2 Å². The lowest BCUT2D eigenvalue weighted by Crippen LogP contribution is -2.26. The third-order valence-electron chi connectivity index (χ3n) is 5.47. The number of aromatic nitrogens is 2. The molecular formula is C25H28N2O4. The molecular weight excluding hydrogens is 392 g/mol. The van der Waals surface area contributed by atoms with Gasteiger partial charge in [0.15, 0.2) is 6.29 Å². The van der Waals surface area contributed by atoms with Crippen LogP contribution in [0.15, 0.2) is 53.3 Å². The molecule has 0 radical (unpaired) electrons. The van der Waals surface area contributed by atoms with E-state index in [9.17, 15) is 19.5 Å². The third-order valence-corrected chi connectivity index (χ3v) is 5.47. The number of carbonyl (C=O) groups excluding carboxylic acids is 1. The number of aldehydes is 1. The quantitative estimate of drug-likeness (QED) is 0.485. The van der Waals surface area contributed by atoms with Crippen LogP contribution in [0.25, 0.3) is 11.1 Å². The average Bonchev–Trinajstić information content (AvgIpc) is 3.03. The van der Waals surface area contributed by atoms with E-state index < -0.39 is 5.97 Å². The molecule has 0 spiro atoms. The van der Waals surface area contributed by atoms with Gasteiger partial charge < -0.3 is 5.11 Å². The molecule has 0 aliphatic carbocycles. The maximum Gasteiger partial charge on any atom is 0.336 e. The Kier molecular flexibility index (Phi) is 7.23. The van der Waals surface area contributed by atoms with Crippen LogP contribution in [0.1, 0.15) is 65.2 Å². The highest BCUT2D eigenvalue weighted by molar-refractivity contribution is 5.96. The third kappa shape index (κ3) is 4.68. The number of carboxylic acid groups (broad SMARTS) is 1. The van der Waals surface area contributed by atoms with Crippen molar-refractivity contribution in [3.8, 4) is 11.1 Å². The predicted octanol–water partition coefficient (Wildman–Crippen LogP) is 4.63. The van der Waals surface area contributed by atoms with E-state index in [0.29, 0.717) is 30.8 Å². The summed E-state index contributed by atoms with van der Waals surface area (Å²) in [5.74, 6) is -0.967. The highest BCUT2D eigenvalue weighted by Gasteiger charge is 2.19. The minimum absolute atomic E-state index is 0.153. The number of rotatable bonds is 10. The minimum Gasteiger partial charge on any atom is -0.478 e. The van der Waals surface area contributed by atoms with E-state index in [1.165, 1.54) is 0 Å². The molecule has 0 aliphatic heterocycles. The monoisotopic (exact) mass is 420 g/mol. The Morgan fingerprint density at radius 3 is 2.32 bits per heavy atom. The van der Waals surface area contributed by atoms with E-state index in [1.807, 2.05) is 37.3 Å². The summed E-state index contributed by atoms with van der Waals surface area (Å²) in [5.41, 5.74) is 3.73. The van der Waals surface area contributed by atoms with Crippen molar-refractivity contribution in [1.29, 1.82) is 0 Å². The van der Waals surface area contributed by atoms with E-state index >= 15 is 0 Å². The van der Waals surface area contributed by atoms with E-state index in [4.69, 9.17) is 0 Å². The summed E-state index contributed by atoms with van der Waals surface area (Å²) in [5, 5.41) is 9.43. The van der Waals surface area contributed by atoms with Crippen molar-refractivity contribution in [3.63, 3.8) is 0 Å². The lowest BCUT2D eigenvalue weighted by atomic mass is 9.99. The van der Waals surface area contributed by atoms with Crippen LogP contribution in [0.5, 0.6) is 0 Å². The molecule has 1 N–H and O–H groups in total. The summed E-state index contributed by atoms with van der Waals surface area (Å²) >= 11 is 0. The van der Waals surface area contributed by atoms with E-state index in [0.717, 1.165) is 42.4 Å². The average molecular weight is 421 g/mol. The molecule has 2 aromatic carbocycles. The van der Waals surface area contributed by atoms with Crippen molar-refractivity contribution in [2.24, 2.45) is 0 Å². The summed E-state index contributed by atoms with van der Waals surface area (Å²) in [6, 6.07) is 14.4. The molecule has 31 heavy (non-hydrogen) atoms. The molecule has 0 saturated heterocycles. The molecule has 0 atom stereocenters. The van der Waals surface area contributed by atoms with Gasteiger partial charge in [-0.25, -0.2) is 9.59 Å². The van der Waals surface area contributed by atoms with Gasteiger partial charge in [-0.15, -0.1) is 0 Å². The minimum atomic E-state index is -0.967. The largest absolute Gasteiger partial charge is 0.478 e. The standard InChI is InChI=1S/C25H28N2O4/c1-3-5-15-26-23(17-28)22(8-4-2)27(25(26)31)16-18-11-13-19(14-12-18)20-9-6-7-10-21(20)24(29)30/h6-7,9-14,17H,3-5,8,15-16H2,1-2H3,(H,29,30). The Bertz CT molecular complexity index is 1120. The number of imidazole rings is 1. The molecule has 0 unspecified atom stereocenters. The zero-order valence-corrected chi connectivity index (χ0v) is 18.0. The molecule has 0 bridgehead atoms. The Morgan fingerprint density at radius 2 is 1.71 bits per heavy atom. The van der Waals surface area contributed by atoms with Crippen LogP contribution in [0.3, 0.4) is 0 Å². The van der Waals surface area contributed by atoms with Crippen LogP contribution < -0.4 is 5.69 Å². The molecule has 0 aliphatic rings. The number of aromatic carboxylic acids is 1. The first-order chi connectivity index (χ1) is 15.0. The second-order valence-electron chi connectivity index (χ2n) is 7.62. The fourth-order valence-corrected chi connectivity index (χ4v) is 3.88. The van der Waals surface area contributed by atoms with E-state index in [1.54, 1.807) is 27.3 Å². The lowest BCUT2D eigenvalue weighted by molar-refractivity contribution is 0.0697. The lowest BCUT2D eigenvalue weighted by Gasteiger charge is -2.10. The second-order valence-corrected chi connectivity index (χ2v) is 7.62. The fourth-order valence-electron chi connectivity index (χ4n) is 3.88. The Balaban J connectivity index is 1.96. The van der Waals surface area contributed by atoms with Crippen molar-refractivity contribution in [2.75, 3.05) is 0 Å². The number of benzene rings is 2. The van der Waals surface area contributed by atoms with Gasteiger partial charge in [0.1, 0.15) is 5.69 Å². The van der Waals surface area contributed by atoms with Gasteiger partial charge in [0.05, 0.1) is 17.8 Å². The molecule has 162 valence electrons.